The van der Waals surface area contributed by atoms with E-state index in [1.165, 1.54) is 11.2 Å². The van der Waals surface area contributed by atoms with E-state index in [4.69, 9.17) is 4.42 Å². The van der Waals surface area contributed by atoms with Crippen molar-refractivity contribution in [2.24, 2.45) is 0 Å². The lowest BCUT2D eigenvalue weighted by Gasteiger charge is -2.36. The maximum Gasteiger partial charge on any atom is 0.289 e. The topological polar surface area (TPSA) is 74.1 Å². The molecule has 0 unspecified atom stereocenters. The minimum absolute atomic E-state index is 0.144. The fourth-order valence-corrected chi connectivity index (χ4v) is 3.73. The first-order valence-electron chi connectivity index (χ1n) is 9.05. The van der Waals surface area contributed by atoms with E-state index in [9.17, 15) is 14.4 Å². The number of rotatable bonds is 3. The van der Waals surface area contributed by atoms with Crippen molar-refractivity contribution in [2.45, 2.75) is 19.4 Å². The van der Waals surface area contributed by atoms with E-state index in [-0.39, 0.29) is 24.1 Å². The highest BCUT2D eigenvalue weighted by molar-refractivity contribution is 6.22. The maximum absolute atomic E-state index is 12.9. The molecule has 7 nitrogen and oxygen atoms in total. The van der Waals surface area contributed by atoms with Crippen LogP contribution in [0.4, 0.5) is 5.69 Å². The standard InChI is InChI=1S/C20H21N3O4/c1-14-4-2-5-15(12-14)23-18(24)13-16(19(23)25)21-7-9-22(10-8-21)20(26)17-6-3-11-27-17/h2-6,11-12,16H,7-10,13H2,1H3/t16-/m0/s1. The highest BCUT2D eigenvalue weighted by Gasteiger charge is 2.43. The van der Waals surface area contributed by atoms with Gasteiger partial charge in [0.1, 0.15) is 0 Å². The van der Waals surface area contributed by atoms with Gasteiger partial charge in [0.05, 0.1) is 24.4 Å². The molecule has 2 aromatic rings. The fourth-order valence-electron chi connectivity index (χ4n) is 3.73. The van der Waals surface area contributed by atoms with Crippen LogP contribution >= 0.6 is 0 Å². The van der Waals surface area contributed by atoms with Crippen molar-refractivity contribution in [2.75, 3.05) is 31.1 Å². The van der Waals surface area contributed by atoms with Crippen LogP contribution in [0, 0.1) is 6.92 Å². The first-order valence-corrected chi connectivity index (χ1v) is 9.05. The monoisotopic (exact) mass is 367 g/mol. The molecule has 2 aliphatic heterocycles. The van der Waals surface area contributed by atoms with E-state index in [0.717, 1.165) is 5.56 Å². The number of furan rings is 1. The van der Waals surface area contributed by atoms with Crippen LogP contribution in [0.3, 0.4) is 0 Å². The molecule has 3 heterocycles. The Bertz CT molecular complexity index is 869. The summed E-state index contributed by atoms with van der Waals surface area (Å²) >= 11 is 0. The Kier molecular flexibility index (Phi) is 4.53. The Morgan fingerprint density at radius 2 is 1.85 bits per heavy atom. The van der Waals surface area contributed by atoms with Crippen LogP contribution < -0.4 is 4.90 Å². The van der Waals surface area contributed by atoms with Gasteiger partial charge in [0.2, 0.25) is 5.91 Å². The molecule has 27 heavy (non-hydrogen) atoms. The molecule has 0 saturated carbocycles. The quantitative estimate of drug-likeness (QED) is 0.772. The van der Waals surface area contributed by atoms with Crippen LogP contribution in [0.2, 0.25) is 0 Å². The van der Waals surface area contributed by atoms with E-state index in [0.29, 0.717) is 37.6 Å². The third-order valence-corrected chi connectivity index (χ3v) is 5.16. The molecular formula is C20H21N3O4. The normalized spacial score (nSPS) is 21.1. The molecule has 3 amide bonds. The number of benzene rings is 1. The van der Waals surface area contributed by atoms with Crippen molar-refractivity contribution < 1.29 is 18.8 Å². The van der Waals surface area contributed by atoms with Gasteiger partial charge in [-0.05, 0) is 36.8 Å². The van der Waals surface area contributed by atoms with Crippen LogP contribution in [0.1, 0.15) is 22.5 Å². The van der Waals surface area contributed by atoms with Crippen LogP contribution in [0.25, 0.3) is 0 Å². The molecule has 140 valence electrons. The predicted octanol–water partition coefficient (Wildman–Crippen LogP) is 1.68. The number of anilines is 1. The van der Waals surface area contributed by atoms with Gasteiger partial charge in [-0.2, -0.15) is 0 Å². The Labute approximate surface area is 157 Å². The van der Waals surface area contributed by atoms with Gasteiger partial charge in [-0.3, -0.25) is 19.3 Å². The van der Waals surface area contributed by atoms with Gasteiger partial charge < -0.3 is 9.32 Å². The van der Waals surface area contributed by atoms with Gasteiger partial charge in [-0.1, -0.05) is 12.1 Å². The van der Waals surface area contributed by atoms with Crippen molar-refractivity contribution in [1.29, 1.82) is 0 Å². The van der Waals surface area contributed by atoms with E-state index in [1.807, 2.05) is 30.0 Å². The molecule has 0 radical (unpaired) electrons. The van der Waals surface area contributed by atoms with Crippen molar-refractivity contribution in [3.8, 4) is 0 Å². The molecule has 2 aliphatic rings. The number of aryl methyl sites for hydroxylation is 1. The Hall–Kier alpha value is -2.93. The van der Waals surface area contributed by atoms with E-state index in [2.05, 4.69) is 0 Å². The van der Waals surface area contributed by atoms with Crippen molar-refractivity contribution in [3.05, 3.63) is 54.0 Å². The van der Waals surface area contributed by atoms with Crippen LogP contribution in [0.15, 0.2) is 47.1 Å². The van der Waals surface area contributed by atoms with Gasteiger partial charge in [0.25, 0.3) is 11.8 Å². The summed E-state index contributed by atoms with van der Waals surface area (Å²) in [5.41, 5.74) is 1.63. The highest BCUT2D eigenvalue weighted by Crippen LogP contribution is 2.27. The number of carbonyl (C=O) groups excluding carboxylic acids is 3. The summed E-state index contributed by atoms with van der Waals surface area (Å²) in [5, 5.41) is 0. The Morgan fingerprint density at radius 3 is 2.52 bits per heavy atom. The SMILES string of the molecule is Cc1cccc(N2C(=O)C[C@H](N3CCN(C(=O)c4ccco4)CC3)C2=O)c1. The van der Waals surface area contributed by atoms with Crippen molar-refractivity contribution in [1.82, 2.24) is 9.80 Å². The van der Waals surface area contributed by atoms with Crippen LogP contribution in [0.5, 0.6) is 0 Å². The van der Waals surface area contributed by atoms with Crippen molar-refractivity contribution in [3.63, 3.8) is 0 Å². The molecule has 2 saturated heterocycles. The summed E-state index contributed by atoms with van der Waals surface area (Å²) in [6, 6.07) is 10.3. The van der Waals surface area contributed by atoms with Gasteiger partial charge >= 0.3 is 0 Å². The molecule has 1 atom stereocenters. The summed E-state index contributed by atoms with van der Waals surface area (Å²) < 4.78 is 5.17. The number of nitrogens with zero attached hydrogens (tertiary/aromatic N) is 3. The zero-order valence-corrected chi connectivity index (χ0v) is 15.1. The number of hydrogen-bond acceptors (Lipinski definition) is 5. The second-order valence-electron chi connectivity index (χ2n) is 6.93. The summed E-state index contributed by atoms with van der Waals surface area (Å²) in [6.45, 7) is 4.04. The molecule has 7 heteroatoms. The Balaban J connectivity index is 1.42. The summed E-state index contributed by atoms with van der Waals surface area (Å²) in [6.07, 6.45) is 1.66. The number of piperazine rings is 1. The third kappa shape index (κ3) is 3.26. The zero-order valence-electron chi connectivity index (χ0n) is 15.1. The summed E-state index contributed by atoms with van der Waals surface area (Å²) in [4.78, 5) is 42.7. The third-order valence-electron chi connectivity index (χ3n) is 5.16. The predicted molar refractivity (Wildman–Crippen MR) is 98.3 cm³/mol. The molecule has 0 bridgehead atoms. The molecule has 0 aliphatic carbocycles. The minimum Gasteiger partial charge on any atom is -0.459 e. The number of carbonyl (C=O) groups is 3. The molecule has 1 aromatic carbocycles. The number of hydrogen-bond donors (Lipinski definition) is 0. The average Bonchev–Trinajstić information content (AvgIpc) is 3.30. The Morgan fingerprint density at radius 1 is 1.07 bits per heavy atom. The van der Waals surface area contributed by atoms with Gasteiger partial charge in [0.15, 0.2) is 5.76 Å². The lowest BCUT2D eigenvalue weighted by molar-refractivity contribution is -0.123. The second-order valence-corrected chi connectivity index (χ2v) is 6.93. The first-order chi connectivity index (χ1) is 13.0. The maximum atomic E-state index is 12.9. The molecule has 0 spiro atoms. The molecule has 2 fully saturated rings. The van der Waals surface area contributed by atoms with Crippen molar-refractivity contribution >= 4 is 23.4 Å². The average molecular weight is 367 g/mol. The van der Waals surface area contributed by atoms with E-state index in [1.54, 1.807) is 23.1 Å². The zero-order chi connectivity index (χ0) is 19.0. The van der Waals surface area contributed by atoms with Crippen LogP contribution in [-0.2, 0) is 9.59 Å². The lowest BCUT2D eigenvalue weighted by atomic mass is 10.1. The smallest absolute Gasteiger partial charge is 0.289 e. The minimum atomic E-state index is -0.459. The summed E-state index contributed by atoms with van der Waals surface area (Å²) in [7, 11) is 0. The van der Waals surface area contributed by atoms with Gasteiger partial charge in [0, 0.05) is 26.2 Å². The molecule has 0 N–H and O–H groups in total. The van der Waals surface area contributed by atoms with E-state index < -0.39 is 6.04 Å². The highest BCUT2D eigenvalue weighted by atomic mass is 16.3. The lowest BCUT2D eigenvalue weighted by Crippen LogP contribution is -2.53. The van der Waals surface area contributed by atoms with Gasteiger partial charge in [-0.25, -0.2) is 4.90 Å². The molecule has 1 aromatic heterocycles. The number of imide groups is 1. The van der Waals surface area contributed by atoms with E-state index >= 15 is 0 Å². The number of amides is 3. The summed E-state index contributed by atoms with van der Waals surface area (Å²) in [5.74, 6) is -0.183. The molecule has 4 rings (SSSR count). The van der Waals surface area contributed by atoms with Gasteiger partial charge in [-0.15, -0.1) is 0 Å². The largest absolute Gasteiger partial charge is 0.459 e. The van der Waals surface area contributed by atoms with Crippen LogP contribution in [-0.4, -0.2) is 59.7 Å². The second kappa shape index (κ2) is 7.00. The molecular weight excluding hydrogens is 346 g/mol. The fraction of sp³-hybridized carbons (Fsp3) is 0.350. The first kappa shape index (κ1) is 17.5.